The quantitative estimate of drug-likeness (QED) is 0.111. The van der Waals surface area contributed by atoms with Gasteiger partial charge in [0.15, 0.2) is 11.5 Å². The number of ether oxygens (including phenoxy) is 2. The lowest BCUT2D eigenvalue weighted by Gasteiger charge is -2.21. The average Bonchev–Trinajstić information content (AvgIpc) is 2.93. The summed E-state index contributed by atoms with van der Waals surface area (Å²) in [6.07, 6.45) is 25.1. The highest BCUT2D eigenvalue weighted by atomic mass is 16.5. The second kappa shape index (κ2) is 24.1. The van der Waals surface area contributed by atoms with Crippen LogP contribution in [0.3, 0.4) is 0 Å². The Morgan fingerprint density at radius 1 is 0.590 bits per heavy atom. The van der Waals surface area contributed by atoms with E-state index in [1.807, 2.05) is 0 Å². The summed E-state index contributed by atoms with van der Waals surface area (Å²) in [6, 6.07) is 2.14. The lowest BCUT2D eigenvalue weighted by molar-refractivity contribution is 0.0689. The molecule has 0 heterocycles. The maximum absolute atomic E-state index is 12.8. The molecule has 4 nitrogen and oxygen atoms in total. The topological polar surface area (TPSA) is 55.8 Å². The van der Waals surface area contributed by atoms with Crippen LogP contribution in [0.4, 0.5) is 0 Å². The van der Waals surface area contributed by atoms with Gasteiger partial charge in [-0.15, -0.1) is 0 Å². The van der Waals surface area contributed by atoms with Crippen molar-refractivity contribution in [2.45, 2.75) is 169 Å². The molecule has 226 valence electrons. The number of carboxylic acids is 1. The van der Waals surface area contributed by atoms with Gasteiger partial charge in [0.2, 0.25) is 0 Å². The van der Waals surface area contributed by atoms with E-state index in [1.165, 1.54) is 83.5 Å². The standard InChI is InChI=1S/C35H62O4/c1-5-9-13-17-21-25-30-29-32(38-27-23-19-15-11-7-3)34(39-28-24-20-16-12-8-4)33(35(36)37)31(30)26-22-18-14-10-6-2/h29H,5-28H2,1-4H3,(H,36,37). The Balaban J connectivity index is 3.21. The van der Waals surface area contributed by atoms with Crippen molar-refractivity contribution in [1.82, 2.24) is 0 Å². The number of unbranched alkanes of at least 4 members (excludes halogenated alkanes) is 16. The molecular formula is C35H62O4. The van der Waals surface area contributed by atoms with Crippen LogP contribution in [-0.4, -0.2) is 24.3 Å². The molecule has 0 aliphatic rings. The number of carboxylic acid groups (broad SMARTS) is 1. The molecule has 0 spiro atoms. The van der Waals surface area contributed by atoms with Gasteiger partial charge in [0.05, 0.1) is 13.2 Å². The molecule has 0 amide bonds. The molecule has 0 aliphatic carbocycles. The summed E-state index contributed by atoms with van der Waals surface area (Å²) in [7, 11) is 0. The third-order valence-electron chi connectivity index (χ3n) is 7.74. The van der Waals surface area contributed by atoms with Gasteiger partial charge in [-0.2, -0.15) is 0 Å². The zero-order valence-corrected chi connectivity index (χ0v) is 26.2. The summed E-state index contributed by atoms with van der Waals surface area (Å²) in [6.45, 7) is 10.1. The first-order valence-electron chi connectivity index (χ1n) is 16.8. The molecular weight excluding hydrogens is 484 g/mol. The second-order valence-electron chi connectivity index (χ2n) is 11.4. The molecule has 0 aromatic heterocycles. The highest BCUT2D eigenvalue weighted by Gasteiger charge is 2.25. The number of aryl methyl sites for hydroxylation is 1. The van der Waals surface area contributed by atoms with Gasteiger partial charge in [0.25, 0.3) is 0 Å². The van der Waals surface area contributed by atoms with Crippen LogP contribution in [0.5, 0.6) is 11.5 Å². The van der Waals surface area contributed by atoms with Crippen LogP contribution in [0.1, 0.15) is 178 Å². The minimum absolute atomic E-state index is 0.367. The number of carbonyl (C=O) groups is 1. The van der Waals surface area contributed by atoms with E-state index in [4.69, 9.17) is 9.47 Å². The fourth-order valence-electron chi connectivity index (χ4n) is 5.31. The van der Waals surface area contributed by atoms with Gasteiger partial charge in [-0.1, -0.05) is 130 Å². The van der Waals surface area contributed by atoms with E-state index in [-0.39, 0.29) is 0 Å². The predicted molar refractivity (Wildman–Crippen MR) is 167 cm³/mol. The Morgan fingerprint density at radius 2 is 1.03 bits per heavy atom. The predicted octanol–water partition coefficient (Wildman–Crippen LogP) is 11.1. The number of hydrogen-bond donors (Lipinski definition) is 1. The Morgan fingerprint density at radius 3 is 1.51 bits per heavy atom. The SMILES string of the molecule is CCCCCCCOc1cc(CCCCCCC)c(CCCCCCC)c(C(=O)O)c1OCCCCCCC. The highest BCUT2D eigenvalue weighted by molar-refractivity contribution is 5.94. The van der Waals surface area contributed by atoms with E-state index in [0.717, 1.165) is 68.9 Å². The van der Waals surface area contributed by atoms with E-state index in [9.17, 15) is 9.90 Å². The molecule has 0 aliphatic heterocycles. The summed E-state index contributed by atoms with van der Waals surface area (Å²) in [5.74, 6) is 0.250. The summed E-state index contributed by atoms with van der Waals surface area (Å²) >= 11 is 0. The number of hydrogen-bond acceptors (Lipinski definition) is 3. The minimum Gasteiger partial charge on any atom is -0.490 e. The minimum atomic E-state index is -0.875. The van der Waals surface area contributed by atoms with Gasteiger partial charge in [-0.05, 0) is 55.7 Å². The van der Waals surface area contributed by atoms with E-state index < -0.39 is 5.97 Å². The second-order valence-corrected chi connectivity index (χ2v) is 11.4. The van der Waals surface area contributed by atoms with E-state index >= 15 is 0 Å². The number of benzene rings is 1. The average molecular weight is 547 g/mol. The van der Waals surface area contributed by atoms with Crippen molar-refractivity contribution in [3.63, 3.8) is 0 Å². The van der Waals surface area contributed by atoms with Crippen LogP contribution in [0, 0.1) is 0 Å². The van der Waals surface area contributed by atoms with Crippen molar-refractivity contribution < 1.29 is 19.4 Å². The first-order valence-corrected chi connectivity index (χ1v) is 16.8. The zero-order chi connectivity index (χ0) is 28.6. The van der Waals surface area contributed by atoms with Crippen molar-refractivity contribution in [3.05, 3.63) is 22.8 Å². The van der Waals surface area contributed by atoms with Crippen molar-refractivity contribution in [1.29, 1.82) is 0 Å². The molecule has 0 atom stereocenters. The van der Waals surface area contributed by atoms with Gasteiger partial charge in [-0.3, -0.25) is 0 Å². The van der Waals surface area contributed by atoms with Crippen LogP contribution >= 0.6 is 0 Å². The van der Waals surface area contributed by atoms with E-state index in [2.05, 4.69) is 33.8 Å². The number of aromatic carboxylic acids is 1. The van der Waals surface area contributed by atoms with Crippen molar-refractivity contribution in [3.8, 4) is 11.5 Å². The molecule has 0 saturated carbocycles. The molecule has 1 N–H and O–H groups in total. The van der Waals surface area contributed by atoms with Gasteiger partial charge >= 0.3 is 5.97 Å². The summed E-state index contributed by atoms with van der Waals surface area (Å²) in [5.41, 5.74) is 2.52. The smallest absolute Gasteiger partial charge is 0.339 e. The van der Waals surface area contributed by atoms with Crippen LogP contribution in [-0.2, 0) is 12.8 Å². The lowest BCUT2D eigenvalue weighted by atomic mass is 9.91. The van der Waals surface area contributed by atoms with Crippen LogP contribution < -0.4 is 9.47 Å². The maximum atomic E-state index is 12.8. The molecule has 0 bridgehead atoms. The van der Waals surface area contributed by atoms with E-state index in [1.54, 1.807) is 0 Å². The molecule has 1 rings (SSSR count). The largest absolute Gasteiger partial charge is 0.490 e. The molecule has 0 radical (unpaired) electrons. The van der Waals surface area contributed by atoms with Crippen LogP contribution in [0.15, 0.2) is 6.07 Å². The monoisotopic (exact) mass is 546 g/mol. The summed E-state index contributed by atoms with van der Waals surface area (Å²) < 4.78 is 12.6. The molecule has 39 heavy (non-hydrogen) atoms. The van der Waals surface area contributed by atoms with Gasteiger partial charge in [0, 0.05) is 0 Å². The Hall–Kier alpha value is -1.71. The molecule has 0 unspecified atom stereocenters. The van der Waals surface area contributed by atoms with Crippen molar-refractivity contribution in [2.75, 3.05) is 13.2 Å². The molecule has 1 aromatic carbocycles. The molecule has 0 saturated heterocycles. The van der Waals surface area contributed by atoms with Crippen molar-refractivity contribution in [2.24, 2.45) is 0 Å². The first-order chi connectivity index (χ1) is 19.1. The Labute approximate surface area is 241 Å². The third-order valence-corrected chi connectivity index (χ3v) is 7.74. The summed E-state index contributed by atoms with van der Waals surface area (Å²) in [4.78, 5) is 12.8. The molecule has 1 aromatic rings. The van der Waals surface area contributed by atoms with Crippen LogP contribution in [0.2, 0.25) is 0 Å². The molecule has 4 heteroatoms. The Kier molecular flexibility index (Phi) is 21.8. The summed E-state index contributed by atoms with van der Waals surface area (Å²) in [5, 5.41) is 10.5. The third kappa shape index (κ3) is 15.6. The fourth-order valence-corrected chi connectivity index (χ4v) is 5.31. The first kappa shape index (κ1) is 35.3. The Bertz CT molecular complexity index is 743. The van der Waals surface area contributed by atoms with Gasteiger partial charge in [0.1, 0.15) is 5.56 Å². The molecule has 0 fully saturated rings. The fraction of sp³-hybridized carbons (Fsp3) is 0.800. The zero-order valence-electron chi connectivity index (χ0n) is 26.2. The normalized spacial score (nSPS) is 11.2. The van der Waals surface area contributed by atoms with Gasteiger partial charge in [-0.25, -0.2) is 4.79 Å². The number of rotatable bonds is 27. The highest BCUT2D eigenvalue weighted by Crippen LogP contribution is 2.38. The van der Waals surface area contributed by atoms with Gasteiger partial charge < -0.3 is 14.6 Å². The van der Waals surface area contributed by atoms with Crippen molar-refractivity contribution >= 4 is 5.97 Å². The van der Waals surface area contributed by atoms with Crippen LogP contribution in [0.25, 0.3) is 0 Å². The maximum Gasteiger partial charge on any atom is 0.339 e. The van der Waals surface area contributed by atoms with E-state index in [0.29, 0.717) is 30.3 Å². The lowest BCUT2D eigenvalue weighted by Crippen LogP contribution is -2.13.